The van der Waals surface area contributed by atoms with Crippen molar-refractivity contribution in [3.8, 4) is 0 Å². The first-order valence-electron chi connectivity index (χ1n) is 9.09. The maximum atomic E-state index is 12.3. The fourth-order valence-corrected chi connectivity index (χ4v) is 3.86. The highest BCUT2D eigenvalue weighted by molar-refractivity contribution is 8.00. The smallest absolute Gasteiger partial charge is 0.252 e. The van der Waals surface area contributed by atoms with Gasteiger partial charge in [-0.1, -0.05) is 31.4 Å². The molecule has 1 saturated carbocycles. The van der Waals surface area contributed by atoms with Gasteiger partial charge in [-0.2, -0.15) is 0 Å². The topological polar surface area (TPSA) is 84.2 Å². The normalized spacial score (nSPS) is 16.2. The molecule has 0 bridgehead atoms. The number of carbonyl (C=O) groups is 2. The molecule has 1 aliphatic carbocycles. The van der Waals surface area contributed by atoms with Crippen LogP contribution in [0.15, 0.2) is 29.2 Å². The highest BCUT2D eigenvalue weighted by atomic mass is 32.2. The maximum Gasteiger partial charge on any atom is 0.252 e. The number of hydrogen-bond acceptors (Lipinski definition) is 4. The summed E-state index contributed by atoms with van der Waals surface area (Å²) in [5.74, 6) is 0.826. The molecule has 0 aromatic heterocycles. The zero-order valence-corrected chi connectivity index (χ0v) is 15.7. The average molecular weight is 364 g/mol. The van der Waals surface area contributed by atoms with E-state index in [0.717, 1.165) is 11.4 Å². The largest absolute Gasteiger partial charge is 0.355 e. The lowest BCUT2D eigenvalue weighted by atomic mass is 9.89. The Balaban J connectivity index is 1.83. The average Bonchev–Trinajstić information content (AvgIpc) is 2.65. The maximum absolute atomic E-state index is 12.3. The highest BCUT2D eigenvalue weighted by Crippen LogP contribution is 2.24. The minimum Gasteiger partial charge on any atom is -0.355 e. The molecule has 2 rings (SSSR count). The SMILES string of the molecule is C[C@@H](CN)NC(=O)c1ccccc1SCC(=O)NCC1CCCCC1. The summed E-state index contributed by atoms with van der Waals surface area (Å²) in [6, 6.07) is 7.28. The van der Waals surface area contributed by atoms with Gasteiger partial charge in [-0.05, 0) is 37.8 Å². The van der Waals surface area contributed by atoms with Gasteiger partial charge in [0.2, 0.25) is 5.91 Å². The molecule has 0 unspecified atom stereocenters. The van der Waals surface area contributed by atoms with Crippen LogP contribution in [0.4, 0.5) is 0 Å². The number of nitrogens with one attached hydrogen (secondary N) is 2. The summed E-state index contributed by atoms with van der Waals surface area (Å²) in [6.07, 6.45) is 6.31. The molecule has 25 heavy (non-hydrogen) atoms. The number of thioether (sulfide) groups is 1. The number of nitrogens with two attached hydrogens (primary N) is 1. The number of rotatable bonds is 8. The summed E-state index contributed by atoms with van der Waals surface area (Å²) < 4.78 is 0. The third-order valence-corrected chi connectivity index (χ3v) is 5.61. The summed E-state index contributed by atoms with van der Waals surface area (Å²) >= 11 is 1.40. The van der Waals surface area contributed by atoms with E-state index < -0.39 is 0 Å². The summed E-state index contributed by atoms with van der Waals surface area (Å²) in [5.41, 5.74) is 6.15. The monoisotopic (exact) mass is 363 g/mol. The number of hydrogen-bond donors (Lipinski definition) is 3. The molecule has 1 atom stereocenters. The van der Waals surface area contributed by atoms with Crippen molar-refractivity contribution in [2.24, 2.45) is 11.7 Å². The van der Waals surface area contributed by atoms with E-state index in [1.807, 2.05) is 25.1 Å². The van der Waals surface area contributed by atoms with Gasteiger partial charge in [0, 0.05) is 24.0 Å². The number of benzene rings is 1. The van der Waals surface area contributed by atoms with Crippen molar-refractivity contribution in [1.82, 2.24) is 10.6 Å². The lowest BCUT2D eigenvalue weighted by Gasteiger charge is -2.21. The van der Waals surface area contributed by atoms with Crippen molar-refractivity contribution in [3.63, 3.8) is 0 Å². The molecule has 0 saturated heterocycles. The molecule has 1 fully saturated rings. The van der Waals surface area contributed by atoms with Crippen molar-refractivity contribution in [3.05, 3.63) is 29.8 Å². The predicted molar refractivity (Wildman–Crippen MR) is 103 cm³/mol. The van der Waals surface area contributed by atoms with Crippen molar-refractivity contribution in [2.75, 3.05) is 18.8 Å². The first-order chi connectivity index (χ1) is 12.1. The molecular formula is C19H29N3O2S. The Hall–Kier alpha value is -1.53. The highest BCUT2D eigenvalue weighted by Gasteiger charge is 2.16. The van der Waals surface area contributed by atoms with Gasteiger partial charge in [-0.15, -0.1) is 11.8 Å². The van der Waals surface area contributed by atoms with Crippen LogP contribution in [0.25, 0.3) is 0 Å². The van der Waals surface area contributed by atoms with Gasteiger partial charge in [0.1, 0.15) is 0 Å². The van der Waals surface area contributed by atoms with Crippen LogP contribution >= 0.6 is 11.8 Å². The molecule has 0 heterocycles. The molecule has 2 amide bonds. The fraction of sp³-hybridized carbons (Fsp3) is 0.579. The van der Waals surface area contributed by atoms with Crippen molar-refractivity contribution < 1.29 is 9.59 Å². The Morgan fingerprint density at radius 2 is 1.96 bits per heavy atom. The second kappa shape index (κ2) is 10.5. The van der Waals surface area contributed by atoms with Gasteiger partial charge >= 0.3 is 0 Å². The Bertz CT molecular complexity index is 574. The van der Waals surface area contributed by atoms with Crippen LogP contribution in [-0.2, 0) is 4.79 Å². The van der Waals surface area contributed by atoms with Crippen LogP contribution in [0.2, 0.25) is 0 Å². The van der Waals surface area contributed by atoms with E-state index in [0.29, 0.717) is 23.8 Å². The molecule has 138 valence electrons. The third kappa shape index (κ3) is 6.71. The minimum absolute atomic E-state index is 0.0288. The summed E-state index contributed by atoms with van der Waals surface area (Å²) in [6.45, 7) is 3.03. The number of carbonyl (C=O) groups excluding carboxylic acids is 2. The molecule has 1 aromatic rings. The van der Waals surface area contributed by atoms with E-state index in [1.165, 1.54) is 43.9 Å². The first-order valence-corrected chi connectivity index (χ1v) is 10.1. The molecule has 4 N–H and O–H groups in total. The molecule has 0 aliphatic heterocycles. The van der Waals surface area contributed by atoms with Gasteiger partial charge in [0.15, 0.2) is 0 Å². The predicted octanol–water partition coefficient (Wildman–Crippen LogP) is 2.55. The van der Waals surface area contributed by atoms with Crippen LogP contribution < -0.4 is 16.4 Å². The van der Waals surface area contributed by atoms with Crippen LogP contribution in [0.3, 0.4) is 0 Å². The lowest BCUT2D eigenvalue weighted by Crippen LogP contribution is -2.38. The third-order valence-electron chi connectivity index (χ3n) is 4.53. The van der Waals surface area contributed by atoms with E-state index in [1.54, 1.807) is 6.07 Å². The van der Waals surface area contributed by atoms with Gasteiger partial charge in [0.25, 0.3) is 5.91 Å². The zero-order valence-electron chi connectivity index (χ0n) is 14.9. The van der Waals surface area contributed by atoms with E-state index in [-0.39, 0.29) is 17.9 Å². The van der Waals surface area contributed by atoms with E-state index in [2.05, 4.69) is 10.6 Å². The molecule has 0 spiro atoms. The standard InChI is InChI=1S/C19H29N3O2S/c1-14(11-20)22-19(24)16-9-5-6-10-17(16)25-13-18(23)21-12-15-7-3-2-4-8-15/h5-6,9-10,14-15H,2-4,7-8,11-13,20H2,1H3,(H,21,23)(H,22,24)/t14-/m0/s1. The number of amides is 2. The molecular weight excluding hydrogens is 334 g/mol. The van der Waals surface area contributed by atoms with Gasteiger partial charge in [0.05, 0.1) is 11.3 Å². The van der Waals surface area contributed by atoms with Gasteiger partial charge < -0.3 is 16.4 Å². The Kier molecular flexibility index (Phi) is 8.28. The van der Waals surface area contributed by atoms with Crippen LogP contribution in [0.5, 0.6) is 0 Å². The Labute approximate surface area is 154 Å². The molecule has 6 heteroatoms. The van der Waals surface area contributed by atoms with Crippen LogP contribution in [0, 0.1) is 5.92 Å². The van der Waals surface area contributed by atoms with Crippen molar-refractivity contribution in [2.45, 2.75) is 50.0 Å². The Morgan fingerprint density at radius 1 is 1.24 bits per heavy atom. The molecule has 5 nitrogen and oxygen atoms in total. The van der Waals surface area contributed by atoms with Gasteiger partial charge in [-0.25, -0.2) is 0 Å². The van der Waals surface area contributed by atoms with E-state index >= 15 is 0 Å². The van der Waals surface area contributed by atoms with Crippen molar-refractivity contribution >= 4 is 23.6 Å². The van der Waals surface area contributed by atoms with Crippen molar-refractivity contribution in [1.29, 1.82) is 0 Å². The summed E-state index contributed by atoms with van der Waals surface area (Å²) in [4.78, 5) is 25.3. The summed E-state index contributed by atoms with van der Waals surface area (Å²) in [7, 11) is 0. The second-order valence-electron chi connectivity index (χ2n) is 6.70. The summed E-state index contributed by atoms with van der Waals surface area (Å²) in [5, 5.41) is 5.90. The van der Waals surface area contributed by atoms with E-state index in [4.69, 9.17) is 5.73 Å². The Morgan fingerprint density at radius 3 is 2.68 bits per heavy atom. The molecule has 0 radical (unpaired) electrons. The lowest BCUT2D eigenvalue weighted by molar-refractivity contribution is -0.118. The van der Waals surface area contributed by atoms with Gasteiger partial charge in [-0.3, -0.25) is 9.59 Å². The quantitative estimate of drug-likeness (QED) is 0.620. The minimum atomic E-state index is -0.149. The molecule has 1 aromatic carbocycles. The molecule has 1 aliphatic rings. The van der Waals surface area contributed by atoms with E-state index in [9.17, 15) is 9.59 Å². The van der Waals surface area contributed by atoms with Crippen LogP contribution in [0.1, 0.15) is 49.4 Å². The zero-order chi connectivity index (χ0) is 18.1. The van der Waals surface area contributed by atoms with Crippen LogP contribution in [-0.4, -0.2) is 36.7 Å². The second-order valence-corrected chi connectivity index (χ2v) is 7.72. The first kappa shape index (κ1) is 19.8. The fourth-order valence-electron chi connectivity index (χ4n) is 2.98.